The van der Waals surface area contributed by atoms with Crippen molar-refractivity contribution in [3.63, 3.8) is 0 Å². The Balaban J connectivity index is 1.34. The van der Waals surface area contributed by atoms with Crippen LogP contribution in [0.2, 0.25) is 0 Å². The van der Waals surface area contributed by atoms with Gasteiger partial charge in [-0.3, -0.25) is 9.59 Å². The maximum absolute atomic E-state index is 12.8. The molecule has 1 atom stereocenters. The summed E-state index contributed by atoms with van der Waals surface area (Å²) in [5, 5.41) is 4.72. The first-order valence-corrected chi connectivity index (χ1v) is 12.0. The van der Waals surface area contributed by atoms with E-state index in [4.69, 9.17) is 4.42 Å². The van der Waals surface area contributed by atoms with Gasteiger partial charge in [-0.1, -0.05) is 6.07 Å². The lowest BCUT2D eigenvalue weighted by Gasteiger charge is -2.33. The van der Waals surface area contributed by atoms with Crippen molar-refractivity contribution in [3.05, 3.63) is 41.7 Å². The fourth-order valence-corrected chi connectivity index (χ4v) is 6.67. The second-order valence-corrected chi connectivity index (χ2v) is 10.3. The Bertz CT molecular complexity index is 948. The van der Waals surface area contributed by atoms with E-state index in [2.05, 4.69) is 5.32 Å². The minimum absolute atomic E-state index is 0.0740. The standard InChI is InChI=1S/C19H23N3O5S2/c23-18(15-4-1-9-22(15)29(25,26)17-6-3-13-28-17)20-14-7-10-21(11-8-14)19(24)16-5-2-12-27-16/h2-3,5-6,12-15H,1,4,7-11H2,(H,20,23). The van der Waals surface area contributed by atoms with Gasteiger partial charge >= 0.3 is 0 Å². The van der Waals surface area contributed by atoms with Gasteiger partial charge in [-0.25, -0.2) is 8.42 Å². The summed E-state index contributed by atoms with van der Waals surface area (Å²) in [6, 6.07) is 5.83. The Hall–Kier alpha value is -2.17. The van der Waals surface area contributed by atoms with Gasteiger partial charge in [0.15, 0.2) is 5.76 Å². The number of amides is 2. The fraction of sp³-hybridized carbons (Fsp3) is 0.474. The summed E-state index contributed by atoms with van der Waals surface area (Å²) in [4.78, 5) is 26.9. The maximum atomic E-state index is 12.8. The molecule has 2 amide bonds. The largest absolute Gasteiger partial charge is 0.459 e. The van der Waals surface area contributed by atoms with E-state index in [1.165, 1.54) is 10.6 Å². The van der Waals surface area contributed by atoms with E-state index in [-0.39, 0.29) is 22.1 Å². The van der Waals surface area contributed by atoms with Gasteiger partial charge in [0.1, 0.15) is 10.3 Å². The Morgan fingerprint density at radius 3 is 2.55 bits per heavy atom. The number of nitrogens with zero attached hydrogens (tertiary/aromatic N) is 2. The number of carbonyl (C=O) groups is 2. The quantitative estimate of drug-likeness (QED) is 0.770. The second kappa shape index (κ2) is 8.29. The number of hydrogen-bond donors (Lipinski definition) is 1. The molecule has 4 rings (SSSR count). The second-order valence-electron chi connectivity index (χ2n) is 7.26. The zero-order valence-electron chi connectivity index (χ0n) is 15.8. The molecule has 1 N–H and O–H groups in total. The Kier molecular flexibility index (Phi) is 5.75. The van der Waals surface area contributed by atoms with Crippen LogP contribution in [0.15, 0.2) is 44.5 Å². The third-order valence-electron chi connectivity index (χ3n) is 5.42. The Morgan fingerprint density at radius 2 is 1.90 bits per heavy atom. The van der Waals surface area contributed by atoms with Gasteiger partial charge in [-0.2, -0.15) is 4.31 Å². The molecule has 4 heterocycles. The number of likely N-dealkylation sites (tertiary alicyclic amines) is 1. The predicted octanol–water partition coefficient (Wildman–Crippen LogP) is 1.92. The lowest BCUT2D eigenvalue weighted by atomic mass is 10.0. The van der Waals surface area contributed by atoms with E-state index in [9.17, 15) is 18.0 Å². The minimum Gasteiger partial charge on any atom is -0.459 e. The lowest BCUT2D eigenvalue weighted by Crippen LogP contribution is -2.52. The number of hydrogen-bond acceptors (Lipinski definition) is 6. The SMILES string of the molecule is O=C(NC1CCN(C(=O)c2ccco2)CC1)C1CCCN1S(=O)(=O)c1cccs1. The Labute approximate surface area is 173 Å². The first-order chi connectivity index (χ1) is 14.0. The summed E-state index contributed by atoms with van der Waals surface area (Å²) >= 11 is 1.16. The van der Waals surface area contributed by atoms with Gasteiger partial charge in [0.2, 0.25) is 5.91 Å². The van der Waals surface area contributed by atoms with Crippen LogP contribution in [-0.4, -0.2) is 61.2 Å². The van der Waals surface area contributed by atoms with Crippen LogP contribution < -0.4 is 5.32 Å². The highest BCUT2D eigenvalue weighted by molar-refractivity contribution is 7.91. The molecule has 0 bridgehead atoms. The summed E-state index contributed by atoms with van der Waals surface area (Å²) in [6.07, 6.45) is 3.91. The van der Waals surface area contributed by atoms with Crippen molar-refractivity contribution in [3.8, 4) is 0 Å². The highest BCUT2D eigenvalue weighted by Crippen LogP contribution is 2.29. The summed E-state index contributed by atoms with van der Waals surface area (Å²) < 4.78 is 32.4. The molecule has 2 aliphatic heterocycles. The lowest BCUT2D eigenvalue weighted by molar-refractivity contribution is -0.125. The molecule has 2 aromatic rings. The van der Waals surface area contributed by atoms with Crippen molar-refractivity contribution >= 4 is 33.2 Å². The topological polar surface area (TPSA) is 99.9 Å². The van der Waals surface area contributed by atoms with Gasteiger partial charge in [-0.05, 0) is 49.3 Å². The van der Waals surface area contributed by atoms with Gasteiger partial charge in [-0.15, -0.1) is 11.3 Å². The van der Waals surface area contributed by atoms with Crippen LogP contribution in [0.5, 0.6) is 0 Å². The predicted molar refractivity (Wildman–Crippen MR) is 107 cm³/mol. The summed E-state index contributed by atoms with van der Waals surface area (Å²) in [7, 11) is -3.65. The van der Waals surface area contributed by atoms with E-state index in [1.807, 2.05) is 0 Å². The van der Waals surface area contributed by atoms with E-state index in [0.717, 1.165) is 11.3 Å². The molecule has 2 saturated heterocycles. The number of piperidine rings is 1. The van der Waals surface area contributed by atoms with E-state index >= 15 is 0 Å². The highest BCUT2D eigenvalue weighted by atomic mass is 32.2. The van der Waals surface area contributed by atoms with E-state index in [1.54, 1.807) is 34.5 Å². The average molecular weight is 438 g/mol. The zero-order valence-corrected chi connectivity index (χ0v) is 17.5. The molecular formula is C19H23N3O5S2. The molecule has 0 aromatic carbocycles. The molecule has 2 aliphatic rings. The van der Waals surface area contributed by atoms with Gasteiger partial charge in [0.05, 0.1) is 6.26 Å². The number of carbonyl (C=O) groups excluding carboxylic acids is 2. The van der Waals surface area contributed by atoms with Crippen LogP contribution in [-0.2, 0) is 14.8 Å². The van der Waals surface area contributed by atoms with Crippen LogP contribution in [0.4, 0.5) is 0 Å². The maximum Gasteiger partial charge on any atom is 0.289 e. The van der Waals surface area contributed by atoms with Crippen LogP contribution >= 0.6 is 11.3 Å². The number of furan rings is 1. The van der Waals surface area contributed by atoms with Gasteiger partial charge in [0, 0.05) is 25.7 Å². The smallest absolute Gasteiger partial charge is 0.289 e. The summed E-state index contributed by atoms with van der Waals surface area (Å²) in [5.41, 5.74) is 0. The number of thiophene rings is 1. The van der Waals surface area contributed by atoms with E-state index in [0.29, 0.717) is 51.1 Å². The number of sulfonamides is 1. The zero-order chi connectivity index (χ0) is 20.4. The van der Waals surface area contributed by atoms with E-state index < -0.39 is 16.1 Å². The normalized spacial score (nSPS) is 21.4. The third-order valence-corrected chi connectivity index (χ3v) is 8.71. The van der Waals surface area contributed by atoms with Gasteiger partial charge < -0.3 is 14.6 Å². The van der Waals surface area contributed by atoms with Crippen LogP contribution in [0.25, 0.3) is 0 Å². The molecule has 0 aliphatic carbocycles. The first kappa shape index (κ1) is 20.1. The molecule has 0 saturated carbocycles. The molecule has 8 nitrogen and oxygen atoms in total. The van der Waals surface area contributed by atoms with Crippen LogP contribution in [0.3, 0.4) is 0 Å². The molecule has 0 radical (unpaired) electrons. The highest BCUT2D eigenvalue weighted by Gasteiger charge is 2.40. The molecule has 2 aromatic heterocycles. The van der Waals surface area contributed by atoms with Crippen molar-refractivity contribution in [2.45, 2.75) is 42.0 Å². The third kappa shape index (κ3) is 4.10. The molecule has 29 heavy (non-hydrogen) atoms. The number of rotatable bonds is 5. The van der Waals surface area contributed by atoms with Crippen molar-refractivity contribution in [1.82, 2.24) is 14.5 Å². The molecular weight excluding hydrogens is 414 g/mol. The first-order valence-electron chi connectivity index (χ1n) is 9.65. The van der Waals surface area contributed by atoms with Gasteiger partial charge in [0.25, 0.3) is 15.9 Å². The van der Waals surface area contributed by atoms with Crippen molar-refractivity contribution in [2.75, 3.05) is 19.6 Å². The van der Waals surface area contributed by atoms with Crippen LogP contribution in [0.1, 0.15) is 36.2 Å². The number of nitrogens with one attached hydrogen (secondary N) is 1. The average Bonchev–Trinajstić information content (AvgIpc) is 3.50. The van der Waals surface area contributed by atoms with Crippen molar-refractivity contribution in [2.24, 2.45) is 0 Å². The Morgan fingerprint density at radius 1 is 1.10 bits per heavy atom. The molecule has 156 valence electrons. The molecule has 2 fully saturated rings. The summed E-state index contributed by atoms with van der Waals surface area (Å²) in [5.74, 6) is -0.0879. The fourth-order valence-electron chi connectivity index (χ4n) is 3.90. The molecule has 0 spiro atoms. The molecule has 10 heteroatoms. The minimum atomic E-state index is -3.65. The van der Waals surface area contributed by atoms with Crippen molar-refractivity contribution < 1.29 is 22.4 Å². The molecule has 1 unspecified atom stereocenters. The van der Waals surface area contributed by atoms with Crippen molar-refractivity contribution in [1.29, 1.82) is 0 Å². The summed E-state index contributed by atoms with van der Waals surface area (Å²) in [6.45, 7) is 1.40. The monoisotopic (exact) mass is 437 g/mol. The van der Waals surface area contributed by atoms with Crippen LogP contribution in [0, 0.1) is 0 Å².